The van der Waals surface area contributed by atoms with Crippen molar-refractivity contribution in [2.24, 2.45) is 0 Å². The van der Waals surface area contributed by atoms with Gasteiger partial charge < -0.3 is 4.74 Å². The Labute approximate surface area is 102 Å². The highest BCUT2D eigenvalue weighted by atomic mass is 16.5. The monoisotopic (exact) mass is 234 g/mol. The Morgan fingerprint density at radius 3 is 2.47 bits per heavy atom. The zero-order valence-electron chi connectivity index (χ0n) is 10.6. The van der Waals surface area contributed by atoms with Crippen LogP contribution in [-0.4, -0.2) is 18.4 Å². The molecular formula is C14H18O3. The minimum atomic E-state index is -0.213. The van der Waals surface area contributed by atoms with Crippen LogP contribution in [0.5, 0.6) is 0 Å². The van der Waals surface area contributed by atoms with Crippen molar-refractivity contribution < 1.29 is 14.3 Å². The number of aryl methyl sites for hydroxylation is 1. The van der Waals surface area contributed by atoms with Gasteiger partial charge in [-0.15, -0.1) is 0 Å². The molecule has 1 rings (SSSR count). The fraction of sp³-hybridized carbons (Fsp3) is 0.429. The summed E-state index contributed by atoms with van der Waals surface area (Å²) in [4.78, 5) is 22.3. The molecule has 1 aromatic carbocycles. The highest BCUT2D eigenvalue weighted by Crippen LogP contribution is 2.13. The van der Waals surface area contributed by atoms with E-state index < -0.39 is 0 Å². The number of hydrogen-bond donors (Lipinski definition) is 0. The van der Waals surface area contributed by atoms with Crippen molar-refractivity contribution in [3.8, 4) is 0 Å². The summed E-state index contributed by atoms with van der Waals surface area (Å²) in [5.41, 5.74) is 2.97. The summed E-state index contributed by atoms with van der Waals surface area (Å²) < 4.78 is 4.90. The van der Waals surface area contributed by atoms with Gasteiger partial charge in [0.2, 0.25) is 0 Å². The summed E-state index contributed by atoms with van der Waals surface area (Å²) in [6.07, 6.45) is 0.737. The Morgan fingerprint density at radius 1 is 1.24 bits per heavy atom. The van der Waals surface area contributed by atoms with E-state index in [9.17, 15) is 9.59 Å². The molecule has 0 saturated heterocycles. The Bertz CT molecular complexity index is 421. The van der Waals surface area contributed by atoms with Gasteiger partial charge in [-0.05, 0) is 37.5 Å². The molecule has 0 aliphatic rings. The third-order valence-corrected chi connectivity index (χ3v) is 2.50. The average Bonchev–Trinajstić information content (AvgIpc) is 2.21. The van der Waals surface area contributed by atoms with E-state index in [1.807, 2.05) is 25.1 Å². The van der Waals surface area contributed by atoms with Gasteiger partial charge in [0.1, 0.15) is 5.78 Å². The van der Waals surface area contributed by atoms with E-state index in [1.165, 1.54) is 0 Å². The van der Waals surface area contributed by atoms with Crippen molar-refractivity contribution in [1.82, 2.24) is 0 Å². The molecule has 0 unspecified atom stereocenters. The van der Waals surface area contributed by atoms with Gasteiger partial charge in [-0.1, -0.05) is 18.2 Å². The number of carbonyl (C=O) groups excluding carboxylic acids is 2. The van der Waals surface area contributed by atoms with E-state index in [1.54, 1.807) is 13.8 Å². The number of ketones is 1. The quantitative estimate of drug-likeness (QED) is 0.734. The summed E-state index contributed by atoms with van der Waals surface area (Å²) in [5.74, 6) is -0.0718. The molecule has 1 aromatic rings. The van der Waals surface area contributed by atoms with Gasteiger partial charge in [0.25, 0.3) is 0 Å². The Morgan fingerprint density at radius 2 is 1.94 bits per heavy atom. The molecular weight excluding hydrogens is 216 g/mol. The first kappa shape index (κ1) is 13.4. The van der Waals surface area contributed by atoms with Crippen molar-refractivity contribution in [2.45, 2.75) is 33.6 Å². The van der Waals surface area contributed by atoms with Crippen LogP contribution < -0.4 is 0 Å². The van der Waals surface area contributed by atoms with Crippen LogP contribution in [0.1, 0.15) is 30.5 Å². The van der Waals surface area contributed by atoms with E-state index in [2.05, 4.69) is 0 Å². The average molecular weight is 234 g/mol. The molecule has 0 saturated carbocycles. The van der Waals surface area contributed by atoms with E-state index in [-0.39, 0.29) is 11.8 Å². The van der Waals surface area contributed by atoms with E-state index >= 15 is 0 Å². The first-order valence-corrected chi connectivity index (χ1v) is 5.76. The Hall–Kier alpha value is -1.64. The topological polar surface area (TPSA) is 43.4 Å². The predicted molar refractivity (Wildman–Crippen MR) is 65.9 cm³/mol. The zero-order valence-corrected chi connectivity index (χ0v) is 10.6. The number of esters is 1. The van der Waals surface area contributed by atoms with E-state index in [0.717, 1.165) is 16.7 Å². The molecule has 0 heterocycles. The fourth-order valence-corrected chi connectivity index (χ4v) is 1.72. The Balaban J connectivity index is 2.75. The van der Waals surface area contributed by atoms with Crippen LogP contribution in [0.15, 0.2) is 18.2 Å². The molecule has 0 aliphatic heterocycles. The molecule has 0 amide bonds. The number of hydrogen-bond acceptors (Lipinski definition) is 3. The van der Waals surface area contributed by atoms with Crippen LogP contribution >= 0.6 is 0 Å². The van der Waals surface area contributed by atoms with Crippen LogP contribution in [0.25, 0.3) is 0 Å². The molecule has 17 heavy (non-hydrogen) atoms. The molecule has 0 fully saturated rings. The highest BCUT2D eigenvalue weighted by Gasteiger charge is 2.07. The lowest BCUT2D eigenvalue weighted by Crippen LogP contribution is -2.09. The van der Waals surface area contributed by atoms with Crippen molar-refractivity contribution in [2.75, 3.05) is 6.61 Å². The summed E-state index contributed by atoms with van der Waals surface area (Å²) in [7, 11) is 0. The van der Waals surface area contributed by atoms with Gasteiger partial charge in [-0.2, -0.15) is 0 Å². The lowest BCUT2D eigenvalue weighted by atomic mass is 10.0. The van der Waals surface area contributed by atoms with Crippen LogP contribution in [0, 0.1) is 6.92 Å². The highest BCUT2D eigenvalue weighted by molar-refractivity contribution is 5.78. The summed E-state index contributed by atoms with van der Waals surface area (Å²) in [6.45, 7) is 5.71. The first-order chi connectivity index (χ1) is 8.02. The van der Waals surface area contributed by atoms with Crippen molar-refractivity contribution >= 4 is 11.8 Å². The molecule has 0 spiro atoms. The van der Waals surface area contributed by atoms with Crippen molar-refractivity contribution in [3.05, 3.63) is 34.9 Å². The Kier molecular flexibility index (Phi) is 4.88. The zero-order chi connectivity index (χ0) is 12.8. The van der Waals surface area contributed by atoms with E-state index in [0.29, 0.717) is 19.4 Å². The number of rotatable bonds is 5. The van der Waals surface area contributed by atoms with Crippen LogP contribution in [0.4, 0.5) is 0 Å². The van der Waals surface area contributed by atoms with Crippen LogP contribution in [0.3, 0.4) is 0 Å². The van der Waals surface area contributed by atoms with Crippen molar-refractivity contribution in [1.29, 1.82) is 0 Å². The van der Waals surface area contributed by atoms with Crippen LogP contribution in [0.2, 0.25) is 0 Å². The molecule has 0 radical (unpaired) electrons. The number of Topliss-reactive ketones (excluding diaryl/α,β-unsaturated/α-hetero) is 1. The molecule has 3 nitrogen and oxygen atoms in total. The summed E-state index contributed by atoms with van der Waals surface area (Å²) in [6, 6.07) is 5.74. The molecule has 3 heteroatoms. The molecule has 0 bridgehead atoms. The molecule has 0 aliphatic carbocycles. The summed E-state index contributed by atoms with van der Waals surface area (Å²) in [5, 5.41) is 0. The molecule has 92 valence electrons. The third-order valence-electron chi connectivity index (χ3n) is 2.50. The SMILES string of the molecule is CCOC(=O)Cc1ccc(CC(C)=O)cc1C. The first-order valence-electron chi connectivity index (χ1n) is 5.76. The third kappa shape index (κ3) is 4.39. The minimum absolute atomic E-state index is 0.141. The van der Waals surface area contributed by atoms with Crippen molar-refractivity contribution in [3.63, 3.8) is 0 Å². The standard InChI is InChI=1S/C14H18O3/c1-4-17-14(16)9-13-6-5-12(7-10(13)2)8-11(3)15/h5-7H,4,8-9H2,1-3H3. The molecule has 0 N–H and O–H groups in total. The second-order valence-corrected chi connectivity index (χ2v) is 4.12. The van der Waals surface area contributed by atoms with Crippen LogP contribution in [-0.2, 0) is 27.2 Å². The van der Waals surface area contributed by atoms with Gasteiger partial charge in [0, 0.05) is 6.42 Å². The normalized spacial score (nSPS) is 10.1. The lowest BCUT2D eigenvalue weighted by Gasteiger charge is -2.07. The maximum atomic E-state index is 11.4. The predicted octanol–water partition coefficient (Wildman–Crippen LogP) is 2.23. The second-order valence-electron chi connectivity index (χ2n) is 4.12. The van der Waals surface area contributed by atoms with E-state index in [4.69, 9.17) is 4.74 Å². The molecule has 0 atom stereocenters. The van der Waals surface area contributed by atoms with Gasteiger partial charge in [-0.3, -0.25) is 9.59 Å². The lowest BCUT2D eigenvalue weighted by molar-refractivity contribution is -0.142. The fourth-order valence-electron chi connectivity index (χ4n) is 1.72. The minimum Gasteiger partial charge on any atom is -0.466 e. The molecule has 0 aromatic heterocycles. The smallest absolute Gasteiger partial charge is 0.310 e. The number of benzene rings is 1. The maximum absolute atomic E-state index is 11.4. The number of ether oxygens (including phenoxy) is 1. The second kappa shape index (κ2) is 6.18. The largest absolute Gasteiger partial charge is 0.466 e. The van der Waals surface area contributed by atoms with Gasteiger partial charge in [-0.25, -0.2) is 0 Å². The summed E-state index contributed by atoms with van der Waals surface area (Å²) >= 11 is 0. The number of carbonyl (C=O) groups is 2. The van der Waals surface area contributed by atoms with Gasteiger partial charge in [0.15, 0.2) is 0 Å². The van der Waals surface area contributed by atoms with Gasteiger partial charge in [0.05, 0.1) is 13.0 Å². The van der Waals surface area contributed by atoms with Gasteiger partial charge >= 0.3 is 5.97 Å². The maximum Gasteiger partial charge on any atom is 0.310 e.